The maximum Gasteiger partial charge on any atom is 0.281 e. The number of aryl methyl sites for hydroxylation is 2. The summed E-state index contributed by atoms with van der Waals surface area (Å²) < 4.78 is 15.1. The van der Waals surface area contributed by atoms with Crippen molar-refractivity contribution in [2.45, 2.75) is 42.7 Å². The third kappa shape index (κ3) is 5.46. The molecule has 4 aromatic rings. The second-order valence-electron chi connectivity index (χ2n) is 11.7. The van der Waals surface area contributed by atoms with Gasteiger partial charge in [-0.1, -0.05) is 17.7 Å². The molecular weight excluding hydrogens is 552 g/mol. The lowest BCUT2D eigenvalue weighted by atomic mass is 10.0. The molecule has 2 aromatic heterocycles. The maximum absolute atomic E-state index is 13.5. The van der Waals surface area contributed by atoms with Gasteiger partial charge in [0, 0.05) is 55.9 Å². The van der Waals surface area contributed by atoms with Crippen molar-refractivity contribution in [3.8, 4) is 0 Å². The predicted octanol–water partition coefficient (Wildman–Crippen LogP) is 2.03. The van der Waals surface area contributed by atoms with E-state index >= 15 is 0 Å². The molecule has 0 aliphatic carbocycles. The number of nitrogens with zero attached hydrogens (tertiary/aromatic N) is 7. The Labute approximate surface area is 247 Å². The second-order valence-corrected chi connectivity index (χ2v) is 13.0. The number of piperazine rings is 1. The van der Waals surface area contributed by atoms with Crippen molar-refractivity contribution in [3.05, 3.63) is 57.9 Å². The molecule has 0 radical (unpaired) electrons. The Kier molecular flexibility index (Phi) is 7.86. The molecule has 1 unspecified atom stereocenters. The van der Waals surface area contributed by atoms with Gasteiger partial charge in [0.15, 0.2) is 10.7 Å². The molecule has 6 rings (SSSR count). The normalized spacial score (nSPS) is 17.9. The van der Waals surface area contributed by atoms with Gasteiger partial charge in [-0.15, -0.1) is 5.10 Å². The van der Waals surface area contributed by atoms with E-state index in [1.807, 2.05) is 49.1 Å². The highest BCUT2D eigenvalue weighted by atomic mass is 32.2. The largest absolute Gasteiger partial charge is 0.369 e. The van der Waals surface area contributed by atoms with E-state index < -0.39 is 10.8 Å². The zero-order valence-corrected chi connectivity index (χ0v) is 25.5. The van der Waals surface area contributed by atoms with Crippen LogP contribution in [0, 0.1) is 13.8 Å². The molecule has 0 saturated carbocycles. The van der Waals surface area contributed by atoms with Gasteiger partial charge in [-0.25, -0.2) is 13.9 Å². The van der Waals surface area contributed by atoms with E-state index in [0.717, 1.165) is 68.9 Å². The van der Waals surface area contributed by atoms with Crippen LogP contribution in [0.15, 0.2) is 51.1 Å². The summed E-state index contributed by atoms with van der Waals surface area (Å²) in [6.07, 6.45) is 2.05. The quantitative estimate of drug-likeness (QED) is 0.363. The number of H-pyrrole nitrogens is 1. The van der Waals surface area contributed by atoms with Gasteiger partial charge < -0.3 is 14.7 Å². The zero-order valence-electron chi connectivity index (χ0n) is 24.7. The highest BCUT2D eigenvalue weighted by Crippen LogP contribution is 2.26. The van der Waals surface area contributed by atoms with Crippen molar-refractivity contribution < 1.29 is 9.00 Å². The predicted molar refractivity (Wildman–Crippen MR) is 164 cm³/mol. The summed E-state index contributed by atoms with van der Waals surface area (Å²) in [5, 5.41) is 7.97. The number of piperidine rings is 1. The summed E-state index contributed by atoms with van der Waals surface area (Å²) in [6.45, 7) is 9.13. The van der Waals surface area contributed by atoms with Crippen molar-refractivity contribution in [2.75, 3.05) is 64.8 Å². The molecule has 11 nitrogen and oxygen atoms in total. The summed E-state index contributed by atoms with van der Waals surface area (Å²) in [7, 11) is 2.62. The van der Waals surface area contributed by atoms with Gasteiger partial charge in [-0.2, -0.15) is 4.98 Å². The van der Waals surface area contributed by atoms with E-state index in [1.165, 1.54) is 0 Å². The van der Waals surface area contributed by atoms with Crippen molar-refractivity contribution in [2.24, 2.45) is 0 Å². The molecule has 12 heteroatoms. The number of rotatable bonds is 6. The number of benzene rings is 2. The smallest absolute Gasteiger partial charge is 0.281 e. The fourth-order valence-corrected chi connectivity index (χ4v) is 7.29. The van der Waals surface area contributed by atoms with Crippen LogP contribution in [0.5, 0.6) is 0 Å². The molecule has 2 saturated heterocycles. The SMILES string of the molecule is Cc1ccc(S(=O)c2n[nH]n3c2nc(=O)c2ccc(N4CCN(CC(=O)N5CCC(N(C)C)CC5)CC4)cc23)c(C)c1. The Morgan fingerprint density at radius 1 is 1.02 bits per heavy atom. The standard InChI is InChI=1S/C30H38N8O3S/c1-20-5-8-26(21(2)17-20)42(41)30-28-31-29(40)24-7-6-23(18-25(24)38(28)33-32-30)36-15-13-35(14-16-36)19-27(39)37-11-9-22(10-12-37)34(3)4/h5-8,17-18,22,33H,9-16,19H2,1-4H3. The van der Waals surface area contributed by atoms with E-state index in [1.54, 1.807) is 10.6 Å². The highest BCUT2D eigenvalue weighted by molar-refractivity contribution is 7.85. The summed E-state index contributed by atoms with van der Waals surface area (Å²) in [5.74, 6) is 0.217. The topological polar surface area (TPSA) is 110 Å². The first-order chi connectivity index (χ1) is 20.2. The van der Waals surface area contributed by atoms with Crippen molar-refractivity contribution in [3.63, 3.8) is 0 Å². The molecule has 1 amide bonds. The number of likely N-dealkylation sites (tertiary alicyclic amines) is 1. The van der Waals surface area contributed by atoms with Crippen molar-refractivity contribution in [1.29, 1.82) is 0 Å². The Bertz CT molecular complexity index is 1720. The molecule has 2 aliphatic heterocycles. The van der Waals surface area contributed by atoms with Crippen LogP contribution >= 0.6 is 0 Å². The minimum Gasteiger partial charge on any atom is -0.369 e. The van der Waals surface area contributed by atoms with Crippen LogP contribution in [0.4, 0.5) is 5.69 Å². The van der Waals surface area contributed by atoms with Gasteiger partial charge >= 0.3 is 0 Å². The number of hydrogen-bond acceptors (Lipinski definition) is 8. The van der Waals surface area contributed by atoms with Gasteiger partial charge in [0.25, 0.3) is 5.56 Å². The Morgan fingerprint density at radius 3 is 2.45 bits per heavy atom. The fourth-order valence-electron chi connectivity index (χ4n) is 6.12. The van der Waals surface area contributed by atoms with Crippen molar-refractivity contribution >= 4 is 38.9 Å². The lowest BCUT2D eigenvalue weighted by Gasteiger charge is -2.38. The van der Waals surface area contributed by atoms with Crippen LogP contribution in [0.1, 0.15) is 24.0 Å². The number of carbonyl (C=O) groups excluding carboxylic acids is 1. The van der Waals surface area contributed by atoms with Crippen LogP contribution in [-0.2, 0) is 15.6 Å². The first-order valence-corrected chi connectivity index (χ1v) is 15.7. The van der Waals surface area contributed by atoms with E-state index in [9.17, 15) is 13.8 Å². The third-order valence-corrected chi connectivity index (χ3v) is 10.1. The Balaban J connectivity index is 1.17. The monoisotopic (exact) mass is 590 g/mol. The number of carbonyl (C=O) groups is 1. The maximum atomic E-state index is 13.5. The molecule has 2 aliphatic rings. The van der Waals surface area contributed by atoms with Gasteiger partial charge in [0.2, 0.25) is 5.91 Å². The summed E-state index contributed by atoms with van der Waals surface area (Å²) in [4.78, 5) is 39.6. The van der Waals surface area contributed by atoms with Gasteiger partial charge in [0.05, 0.1) is 17.4 Å². The Morgan fingerprint density at radius 2 is 1.76 bits per heavy atom. The van der Waals surface area contributed by atoms with E-state index in [-0.39, 0.29) is 22.1 Å². The summed E-state index contributed by atoms with van der Waals surface area (Å²) in [5.41, 5.74) is 3.48. The molecule has 4 heterocycles. The molecular formula is C30H38N8O3S. The average molecular weight is 591 g/mol. The number of anilines is 1. The lowest BCUT2D eigenvalue weighted by Crippen LogP contribution is -2.52. The van der Waals surface area contributed by atoms with Crippen LogP contribution in [0.25, 0.3) is 16.6 Å². The molecule has 2 aromatic carbocycles. The third-order valence-electron chi connectivity index (χ3n) is 8.66. The molecule has 0 bridgehead atoms. The number of amides is 1. The van der Waals surface area contributed by atoms with Crippen LogP contribution in [0.3, 0.4) is 0 Å². The highest BCUT2D eigenvalue weighted by Gasteiger charge is 2.27. The van der Waals surface area contributed by atoms with Gasteiger partial charge in [0.1, 0.15) is 10.8 Å². The summed E-state index contributed by atoms with van der Waals surface area (Å²) in [6, 6.07) is 12.0. The average Bonchev–Trinajstić information content (AvgIpc) is 3.41. The van der Waals surface area contributed by atoms with Gasteiger partial charge in [-0.05, 0) is 70.6 Å². The van der Waals surface area contributed by atoms with Crippen LogP contribution < -0.4 is 10.5 Å². The molecule has 222 valence electrons. The number of aromatic nitrogens is 4. The van der Waals surface area contributed by atoms with Crippen molar-refractivity contribution in [1.82, 2.24) is 34.5 Å². The first-order valence-electron chi connectivity index (χ1n) is 14.5. The molecule has 42 heavy (non-hydrogen) atoms. The number of nitrogens with one attached hydrogen (secondary N) is 1. The number of aromatic amines is 1. The second kappa shape index (κ2) is 11.6. The molecule has 1 N–H and O–H groups in total. The zero-order chi connectivity index (χ0) is 29.5. The minimum atomic E-state index is -1.60. The summed E-state index contributed by atoms with van der Waals surface area (Å²) >= 11 is 0. The van der Waals surface area contributed by atoms with E-state index in [2.05, 4.69) is 44.1 Å². The molecule has 2 fully saturated rings. The number of hydrogen-bond donors (Lipinski definition) is 1. The number of fused-ring (bicyclic) bond motifs is 3. The Hall–Kier alpha value is -3.61. The first kappa shape index (κ1) is 28.5. The molecule has 1 atom stereocenters. The van der Waals surface area contributed by atoms with Crippen LogP contribution in [0.2, 0.25) is 0 Å². The van der Waals surface area contributed by atoms with Crippen LogP contribution in [-0.4, -0.2) is 111 Å². The fraction of sp³-hybridized carbons (Fsp3) is 0.467. The lowest BCUT2D eigenvalue weighted by molar-refractivity contribution is -0.134. The van der Waals surface area contributed by atoms with E-state index in [0.29, 0.717) is 28.4 Å². The van der Waals surface area contributed by atoms with E-state index in [4.69, 9.17) is 0 Å². The molecule has 0 spiro atoms. The van der Waals surface area contributed by atoms with Gasteiger partial charge in [-0.3, -0.25) is 14.5 Å². The minimum absolute atomic E-state index is 0.217.